The van der Waals surface area contributed by atoms with Crippen molar-refractivity contribution in [3.8, 4) is 0 Å². The summed E-state index contributed by atoms with van der Waals surface area (Å²) >= 11 is 0. The molecule has 276 valence electrons. The predicted molar refractivity (Wildman–Crippen MR) is 168 cm³/mol. The summed E-state index contributed by atoms with van der Waals surface area (Å²) < 4.78 is 160. The van der Waals surface area contributed by atoms with Crippen molar-refractivity contribution in [1.82, 2.24) is 9.88 Å². The van der Waals surface area contributed by atoms with Crippen LogP contribution in [0.4, 0.5) is 39.5 Å². The normalized spacial score (nSPS) is 21.2. The Morgan fingerprint density at radius 1 is 0.827 bits per heavy atom. The number of carbonyl (C=O) groups is 1. The van der Waals surface area contributed by atoms with Gasteiger partial charge in [0.2, 0.25) is 5.91 Å². The number of ether oxygens (including phenoxy) is 1. The molecule has 1 saturated carbocycles. The first kappa shape index (κ1) is 37.3. The summed E-state index contributed by atoms with van der Waals surface area (Å²) in [7, 11) is -4.54. The van der Waals surface area contributed by atoms with E-state index in [1.54, 1.807) is 17.3 Å². The summed E-state index contributed by atoms with van der Waals surface area (Å²) in [6.07, 6.45) is -9.30. The number of alkyl halides is 6. The molecule has 0 N–H and O–H groups in total. The van der Waals surface area contributed by atoms with Gasteiger partial charge in [0.05, 0.1) is 11.5 Å². The number of sulfone groups is 1. The molecule has 16 heteroatoms. The molecule has 0 bridgehead atoms. The van der Waals surface area contributed by atoms with Gasteiger partial charge in [-0.15, -0.1) is 0 Å². The summed E-state index contributed by atoms with van der Waals surface area (Å²) in [5, 5.41) is 0. The maximum Gasteiger partial charge on any atom is 0.430 e. The monoisotopic (exact) mass is 756 g/mol. The first-order chi connectivity index (χ1) is 24.4. The van der Waals surface area contributed by atoms with Crippen LogP contribution in [-0.4, -0.2) is 49.7 Å². The van der Waals surface area contributed by atoms with E-state index in [0.29, 0.717) is 43.8 Å². The van der Waals surface area contributed by atoms with Gasteiger partial charge in [0, 0.05) is 48.4 Å². The van der Waals surface area contributed by atoms with Gasteiger partial charge in [-0.25, -0.2) is 21.6 Å². The molecule has 52 heavy (non-hydrogen) atoms. The van der Waals surface area contributed by atoms with Gasteiger partial charge < -0.3 is 9.64 Å². The molecule has 0 spiro atoms. The van der Waals surface area contributed by atoms with Gasteiger partial charge in [-0.3, -0.25) is 9.78 Å². The fraction of sp³-hybridized carbons (Fsp3) is 0.333. The molecule has 3 aromatic carbocycles. The van der Waals surface area contributed by atoms with E-state index in [9.17, 15) is 52.7 Å². The van der Waals surface area contributed by atoms with Gasteiger partial charge in [0.25, 0.3) is 5.60 Å². The van der Waals surface area contributed by atoms with Crippen molar-refractivity contribution in [2.45, 2.75) is 59.4 Å². The summed E-state index contributed by atoms with van der Waals surface area (Å²) in [5.74, 6) is -4.85. The minimum Gasteiger partial charge on any atom is -0.349 e. The molecule has 1 atom stereocenters. The lowest BCUT2D eigenvalue weighted by molar-refractivity contribution is -0.392. The third-order valence-electron chi connectivity index (χ3n) is 9.93. The Balaban J connectivity index is 1.35. The maximum atomic E-state index is 14.5. The number of aromatic nitrogens is 1. The van der Waals surface area contributed by atoms with Gasteiger partial charge in [-0.2, -0.15) is 26.3 Å². The first-order valence-electron chi connectivity index (χ1n) is 15.9. The molecule has 4 aromatic rings. The van der Waals surface area contributed by atoms with Crippen LogP contribution >= 0.6 is 0 Å². The van der Waals surface area contributed by atoms with Crippen LogP contribution in [0.2, 0.25) is 0 Å². The fourth-order valence-corrected chi connectivity index (χ4v) is 9.31. The van der Waals surface area contributed by atoms with Crippen molar-refractivity contribution in [2.75, 3.05) is 13.1 Å². The highest BCUT2D eigenvalue weighted by Gasteiger charge is 2.73. The van der Waals surface area contributed by atoms with Crippen LogP contribution in [-0.2, 0) is 36.3 Å². The molecule has 6 nitrogen and oxygen atoms in total. The number of halogens is 9. The van der Waals surface area contributed by atoms with Gasteiger partial charge in [0.1, 0.15) is 22.2 Å². The van der Waals surface area contributed by atoms with Gasteiger partial charge in [-0.1, -0.05) is 30.3 Å². The molecule has 2 fully saturated rings. The lowest BCUT2D eigenvalue weighted by Crippen LogP contribution is -2.56. The van der Waals surface area contributed by atoms with Crippen molar-refractivity contribution in [2.24, 2.45) is 5.92 Å². The third kappa shape index (κ3) is 6.33. The van der Waals surface area contributed by atoms with Gasteiger partial charge in [0.15, 0.2) is 9.84 Å². The Hall–Kier alpha value is -4.44. The number of likely N-dealkylation sites (tertiary alicyclic amines) is 1. The number of rotatable bonds is 9. The zero-order chi connectivity index (χ0) is 37.7. The van der Waals surface area contributed by atoms with Crippen LogP contribution < -0.4 is 0 Å². The number of pyridine rings is 1. The van der Waals surface area contributed by atoms with E-state index in [4.69, 9.17) is 0 Å². The zero-order valence-corrected chi connectivity index (χ0v) is 27.7. The van der Waals surface area contributed by atoms with Gasteiger partial charge in [-0.05, 0) is 78.9 Å². The minimum atomic E-state index is -6.22. The zero-order valence-electron chi connectivity index (χ0n) is 26.9. The highest BCUT2D eigenvalue weighted by molar-refractivity contribution is 7.92. The second-order valence-corrected chi connectivity index (χ2v) is 15.1. The number of hydrogen-bond donors (Lipinski definition) is 0. The second kappa shape index (κ2) is 13.5. The lowest BCUT2D eigenvalue weighted by Gasteiger charge is -2.47. The highest BCUT2D eigenvalue weighted by atomic mass is 32.2. The van der Waals surface area contributed by atoms with Crippen LogP contribution in [0.25, 0.3) is 0 Å². The Morgan fingerprint density at radius 2 is 1.40 bits per heavy atom. The maximum absolute atomic E-state index is 14.5. The second-order valence-electron chi connectivity index (χ2n) is 12.9. The molecule has 1 unspecified atom stereocenters. The molecular weight excluding hydrogens is 727 g/mol. The number of carbonyl (C=O) groups excluding carboxylic acids is 1. The Morgan fingerprint density at radius 3 is 1.96 bits per heavy atom. The fourth-order valence-electron chi connectivity index (χ4n) is 7.08. The SMILES string of the molecule is O=C(C1CC(c2ccc(C(OCc3c(F)cccc3F)(C(F)(F)F)C(F)(F)F)cc2)(S(=O)(=O)c2ccc(F)cc2)C1)N1CCC(c2ccncc2)C1. The summed E-state index contributed by atoms with van der Waals surface area (Å²) in [4.78, 5) is 18.8. The third-order valence-corrected chi connectivity index (χ3v) is 12.4. The number of hydrogen-bond acceptors (Lipinski definition) is 5. The predicted octanol–water partition coefficient (Wildman–Crippen LogP) is 8.13. The Bertz CT molecular complexity index is 2000. The van der Waals surface area contributed by atoms with Crippen LogP contribution in [0.15, 0.2) is 96.2 Å². The summed E-state index contributed by atoms with van der Waals surface area (Å²) in [6.45, 7) is -1.04. The molecule has 6 rings (SSSR count). The average molecular weight is 757 g/mol. The molecule has 1 amide bonds. The van der Waals surface area contributed by atoms with Gasteiger partial charge >= 0.3 is 12.4 Å². The highest BCUT2D eigenvalue weighted by Crippen LogP contribution is 2.57. The van der Waals surface area contributed by atoms with Crippen LogP contribution in [0, 0.1) is 23.4 Å². The van der Waals surface area contributed by atoms with E-state index in [1.807, 2.05) is 12.1 Å². The topological polar surface area (TPSA) is 76.6 Å². The van der Waals surface area contributed by atoms with Crippen LogP contribution in [0.3, 0.4) is 0 Å². The van der Waals surface area contributed by atoms with Crippen molar-refractivity contribution >= 4 is 15.7 Å². The smallest absolute Gasteiger partial charge is 0.349 e. The quantitative estimate of drug-likeness (QED) is 0.127. The van der Waals surface area contributed by atoms with E-state index >= 15 is 0 Å². The van der Waals surface area contributed by atoms with Crippen molar-refractivity contribution < 1.29 is 57.5 Å². The molecule has 1 aliphatic heterocycles. The number of benzene rings is 3. The molecule has 0 radical (unpaired) electrons. The largest absolute Gasteiger partial charge is 0.430 e. The average Bonchev–Trinajstić information content (AvgIpc) is 3.56. The van der Waals surface area contributed by atoms with E-state index in [1.165, 1.54) is 0 Å². The minimum absolute atomic E-state index is 0.00639. The summed E-state index contributed by atoms with van der Waals surface area (Å²) in [6, 6.07) is 11.8. The van der Waals surface area contributed by atoms with E-state index < -0.39 is 73.6 Å². The molecule has 2 heterocycles. The summed E-state index contributed by atoms with van der Waals surface area (Å²) in [5.41, 5.74) is -7.05. The Labute approximate surface area is 292 Å². The standard InChI is InChI=1S/C36H29F9N2O4S/c37-27-8-10-28(11-9-27)52(49,50)33(18-24(19-33)32(48)47-17-14-23(20-47)22-12-15-46-16-13-22)25-4-6-26(7-5-25)34(35(40,41)42,36(43,44)45)51-21-29-30(38)2-1-3-31(29)39/h1-13,15-16,23-24H,14,17-21H2. The number of nitrogens with zero attached hydrogens (tertiary/aromatic N) is 2. The van der Waals surface area contributed by atoms with Crippen LogP contribution in [0.1, 0.15) is 47.4 Å². The Kier molecular flexibility index (Phi) is 9.70. The molecule has 1 aromatic heterocycles. The molecule has 2 aliphatic rings. The van der Waals surface area contributed by atoms with Crippen molar-refractivity contribution in [1.29, 1.82) is 0 Å². The van der Waals surface area contributed by atoms with Crippen LogP contribution in [0.5, 0.6) is 0 Å². The van der Waals surface area contributed by atoms with E-state index in [-0.39, 0.29) is 35.1 Å². The first-order valence-corrected chi connectivity index (χ1v) is 17.4. The van der Waals surface area contributed by atoms with E-state index in [0.717, 1.165) is 48.0 Å². The molecule has 1 saturated heterocycles. The number of amides is 1. The molecule has 1 aliphatic carbocycles. The molecular formula is C36H29F9N2O4S. The lowest BCUT2D eigenvalue weighted by atomic mass is 9.69. The van der Waals surface area contributed by atoms with E-state index in [2.05, 4.69) is 9.72 Å². The van der Waals surface area contributed by atoms with Crippen molar-refractivity contribution in [3.05, 3.63) is 131 Å². The van der Waals surface area contributed by atoms with Crippen molar-refractivity contribution in [3.63, 3.8) is 0 Å².